The Labute approximate surface area is 89.0 Å². The van der Waals surface area contributed by atoms with Gasteiger partial charge in [0, 0.05) is 24.6 Å². The molecule has 1 fully saturated rings. The molecule has 0 radical (unpaired) electrons. The maximum Gasteiger partial charge on any atom is 0.115 e. The first-order valence-corrected chi connectivity index (χ1v) is 5.15. The smallest absolute Gasteiger partial charge is 0.115 e. The van der Waals surface area contributed by atoms with Crippen molar-refractivity contribution < 1.29 is 4.74 Å². The van der Waals surface area contributed by atoms with Crippen LogP contribution in [0.3, 0.4) is 0 Å². The number of aromatic nitrogens is 2. The van der Waals surface area contributed by atoms with Gasteiger partial charge in [-0.15, -0.1) is 0 Å². The van der Waals surface area contributed by atoms with Crippen LogP contribution >= 0.6 is 0 Å². The number of nitrogens with two attached hydrogens (primary N) is 1. The van der Waals surface area contributed by atoms with Crippen LogP contribution in [0.1, 0.15) is 24.9 Å². The second kappa shape index (κ2) is 4.65. The molecule has 0 aliphatic carbocycles. The summed E-state index contributed by atoms with van der Waals surface area (Å²) in [7, 11) is 0. The molecule has 2 rings (SSSR count). The molecule has 2 heterocycles. The van der Waals surface area contributed by atoms with Crippen molar-refractivity contribution in [2.45, 2.75) is 25.5 Å². The van der Waals surface area contributed by atoms with Gasteiger partial charge in [-0.2, -0.15) is 0 Å². The number of rotatable bonds is 3. The van der Waals surface area contributed by atoms with Crippen LogP contribution in [0.5, 0.6) is 0 Å². The Hall–Kier alpha value is -1.04. The summed E-state index contributed by atoms with van der Waals surface area (Å²) in [6.45, 7) is 2.98. The van der Waals surface area contributed by atoms with Gasteiger partial charge in [0.2, 0.25) is 0 Å². The minimum Gasteiger partial charge on any atom is -0.376 e. The van der Waals surface area contributed by atoms with Crippen molar-refractivity contribution >= 4 is 0 Å². The highest BCUT2D eigenvalue weighted by Crippen LogP contribution is 2.30. The van der Waals surface area contributed by atoms with Gasteiger partial charge in [0.25, 0.3) is 0 Å². The Balaban J connectivity index is 2.17. The van der Waals surface area contributed by atoms with Crippen LogP contribution in [0, 0.1) is 5.92 Å². The third kappa shape index (κ3) is 2.14. The fourth-order valence-corrected chi connectivity index (χ4v) is 2.00. The van der Waals surface area contributed by atoms with E-state index in [-0.39, 0.29) is 12.1 Å². The molecule has 0 spiro atoms. The minimum atomic E-state index is -0.0244. The first-order chi connectivity index (χ1) is 7.33. The van der Waals surface area contributed by atoms with Crippen LogP contribution in [0.4, 0.5) is 0 Å². The van der Waals surface area contributed by atoms with E-state index in [1.54, 1.807) is 12.4 Å². The van der Waals surface area contributed by atoms with Crippen molar-refractivity contribution in [3.05, 3.63) is 24.3 Å². The summed E-state index contributed by atoms with van der Waals surface area (Å²) in [5.74, 6) is 6.07. The number of hydrogen-bond acceptors (Lipinski definition) is 5. The third-order valence-corrected chi connectivity index (χ3v) is 2.89. The second-order valence-electron chi connectivity index (χ2n) is 3.92. The fourth-order valence-electron chi connectivity index (χ4n) is 2.00. The summed E-state index contributed by atoms with van der Waals surface area (Å²) in [4.78, 5) is 7.98. The van der Waals surface area contributed by atoms with Gasteiger partial charge >= 0.3 is 0 Å². The molecule has 0 aromatic carbocycles. The van der Waals surface area contributed by atoms with Crippen LogP contribution < -0.4 is 11.3 Å². The number of hydrogen-bond donors (Lipinski definition) is 2. The third-order valence-electron chi connectivity index (χ3n) is 2.89. The van der Waals surface area contributed by atoms with Crippen molar-refractivity contribution in [1.29, 1.82) is 0 Å². The highest BCUT2D eigenvalue weighted by atomic mass is 16.5. The van der Waals surface area contributed by atoms with E-state index < -0.39 is 0 Å². The number of ether oxygens (including phenoxy) is 1. The highest BCUT2D eigenvalue weighted by molar-refractivity contribution is 5.12. The van der Waals surface area contributed by atoms with Gasteiger partial charge in [0.1, 0.15) is 6.33 Å². The average Bonchev–Trinajstić information content (AvgIpc) is 2.68. The minimum absolute atomic E-state index is 0.0244. The first kappa shape index (κ1) is 10.5. The molecule has 1 aliphatic rings. The lowest BCUT2D eigenvalue weighted by Gasteiger charge is -2.25. The van der Waals surface area contributed by atoms with Crippen molar-refractivity contribution in [2.75, 3.05) is 6.61 Å². The molecule has 1 aromatic heterocycles. The first-order valence-electron chi connectivity index (χ1n) is 5.15. The second-order valence-corrected chi connectivity index (χ2v) is 3.92. The van der Waals surface area contributed by atoms with Gasteiger partial charge in [-0.05, 0) is 12.3 Å². The molecule has 1 aromatic rings. The van der Waals surface area contributed by atoms with Crippen LogP contribution in [0.2, 0.25) is 0 Å². The lowest BCUT2D eigenvalue weighted by molar-refractivity contribution is 0.0605. The maximum absolute atomic E-state index is 5.67. The number of nitrogens with one attached hydrogen (secondary N) is 1. The topological polar surface area (TPSA) is 73.1 Å². The van der Waals surface area contributed by atoms with E-state index in [4.69, 9.17) is 10.6 Å². The molecule has 5 nitrogen and oxygen atoms in total. The monoisotopic (exact) mass is 208 g/mol. The predicted octanol–water partition coefficient (Wildman–Crippen LogP) is 0.406. The van der Waals surface area contributed by atoms with E-state index in [1.165, 1.54) is 6.33 Å². The Morgan fingerprint density at radius 3 is 2.80 bits per heavy atom. The molecular formula is C10H16N4O. The molecule has 3 N–H and O–H groups in total. The normalized spacial score (nSPS) is 27.9. The molecule has 3 unspecified atom stereocenters. The molecule has 0 saturated carbocycles. The highest BCUT2D eigenvalue weighted by Gasteiger charge is 2.32. The Morgan fingerprint density at radius 1 is 1.53 bits per heavy atom. The maximum atomic E-state index is 5.67. The van der Waals surface area contributed by atoms with Crippen molar-refractivity contribution in [2.24, 2.45) is 11.8 Å². The van der Waals surface area contributed by atoms with E-state index >= 15 is 0 Å². The summed E-state index contributed by atoms with van der Waals surface area (Å²) in [5, 5.41) is 0. The fraction of sp³-hybridized carbons (Fsp3) is 0.600. The van der Waals surface area contributed by atoms with Crippen LogP contribution in [-0.4, -0.2) is 22.7 Å². The summed E-state index contributed by atoms with van der Waals surface area (Å²) >= 11 is 0. The summed E-state index contributed by atoms with van der Waals surface area (Å²) in [6.07, 6.45) is 6.24. The molecule has 1 saturated heterocycles. The SMILES string of the molecule is CC1CCOC1C(NN)c1cncnc1. The quantitative estimate of drug-likeness (QED) is 0.556. The average molecular weight is 208 g/mol. The molecule has 0 amide bonds. The van der Waals surface area contributed by atoms with E-state index in [0.29, 0.717) is 5.92 Å². The lowest BCUT2D eigenvalue weighted by Crippen LogP contribution is -2.38. The zero-order chi connectivity index (χ0) is 10.7. The predicted molar refractivity (Wildman–Crippen MR) is 55.6 cm³/mol. The Bertz CT molecular complexity index is 306. The van der Waals surface area contributed by atoms with E-state index in [0.717, 1.165) is 18.6 Å². The van der Waals surface area contributed by atoms with Gasteiger partial charge in [-0.1, -0.05) is 6.92 Å². The van der Waals surface area contributed by atoms with Gasteiger partial charge in [-0.3, -0.25) is 11.3 Å². The van der Waals surface area contributed by atoms with Crippen molar-refractivity contribution in [3.63, 3.8) is 0 Å². The summed E-state index contributed by atoms with van der Waals surface area (Å²) in [5.41, 5.74) is 3.76. The van der Waals surface area contributed by atoms with Crippen molar-refractivity contribution in [1.82, 2.24) is 15.4 Å². The molecule has 82 valence electrons. The van der Waals surface area contributed by atoms with Gasteiger partial charge in [-0.25, -0.2) is 9.97 Å². The standard InChI is InChI=1S/C10H16N4O/c1-7-2-3-15-10(7)9(14-11)8-4-12-6-13-5-8/h4-7,9-10,14H,2-3,11H2,1H3. The van der Waals surface area contributed by atoms with Gasteiger partial charge < -0.3 is 4.74 Å². The molecule has 15 heavy (non-hydrogen) atoms. The zero-order valence-electron chi connectivity index (χ0n) is 8.76. The Kier molecular flexibility index (Phi) is 3.25. The molecule has 0 bridgehead atoms. The lowest BCUT2D eigenvalue weighted by atomic mass is 9.94. The summed E-state index contributed by atoms with van der Waals surface area (Å²) < 4.78 is 5.67. The van der Waals surface area contributed by atoms with E-state index in [2.05, 4.69) is 22.3 Å². The van der Waals surface area contributed by atoms with Gasteiger partial charge in [0.15, 0.2) is 0 Å². The molecule has 5 heteroatoms. The molecule has 3 atom stereocenters. The zero-order valence-corrected chi connectivity index (χ0v) is 8.76. The molecular weight excluding hydrogens is 192 g/mol. The molecule has 1 aliphatic heterocycles. The van der Waals surface area contributed by atoms with Crippen LogP contribution in [-0.2, 0) is 4.74 Å². The number of hydrazine groups is 1. The number of nitrogens with zero attached hydrogens (tertiary/aromatic N) is 2. The van der Waals surface area contributed by atoms with Crippen molar-refractivity contribution in [3.8, 4) is 0 Å². The summed E-state index contributed by atoms with van der Waals surface area (Å²) in [6, 6.07) is -0.0244. The van der Waals surface area contributed by atoms with Crippen LogP contribution in [0.25, 0.3) is 0 Å². The van der Waals surface area contributed by atoms with E-state index in [9.17, 15) is 0 Å². The van der Waals surface area contributed by atoms with Gasteiger partial charge in [0.05, 0.1) is 12.1 Å². The van der Waals surface area contributed by atoms with Crippen LogP contribution in [0.15, 0.2) is 18.7 Å². The van der Waals surface area contributed by atoms with E-state index in [1.807, 2.05) is 0 Å². The Morgan fingerprint density at radius 2 is 2.27 bits per heavy atom. The largest absolute Gasteiger partial charge is 0.376 e.